The van der Waals surface area contributed by atoms with Crippen molar-refractivity contribution in [3.63, 3.8) is 0 Å². The average molecular weight is 271 g/mol. The number of carbonyl (C=O) groups excluding carboxylic acids is 1. The van der Waals surface area contributed by atoms with Crippen LogP contribution in [0.5, 0.6) is 0 Å². The molecule has 2 heterocycles. The first-order valence-corrected chi connectivity index (χ1v) is 6.96. The van der Waals surface area contributed by atoms with Gasteiger partial charge in [-0.05, 0) is 6.07 Å². The lowest BCUT2D eigenvalue weighted by Crippen LogP contribution is -2.28. The minimum Gasteiger partial charge on any atom is -0.368 e. The van der Waals surface area contributed by atoms with Crippen molar-refractivity contribution in [2.24, 2.45) is 11.1 Å². The van der Waals surface area contributed by atoms with Crippen molar-refractivity contribution >= 4 is 27.7 Å². The molecule has 0 bridgehead atoms. The maximum atomic E-state index is 11.8. The number of nitrogens with zero attached hydrogens (tertiary/aromatic N) is 3. The van der Waals surface area contributed by atoms with E-state index in [0.717, 1.165) is 0 Å². The molecular weight excluding hydrogens is 258 g/mol. The SMILES string of the molecule is Nc1nccc(N2CC(CS(N)(=O)=O)CC2=O)n1. The van der Waals surface area contributed by atoms with Crippen LogP contribution < -0.4 is 15.8 Å². The lowest BCUT2D eigenvalue weighted by molar-refractivity contribution is -0.117. The van der Waals surface area contributed by atoms with Crippen molar-refractivity contribution in [3.8, 4) is 0 Å². The van der Waals surface area contributed by atoms with Gasteiger partial charge in [-0.25, -0.2) is 18.5 Å². The first kappa shape index (κ1) is 12.7. The van der Waals surface area contributed by atoms with Gasteiger partial charge in [-0.15, -0.1) is 0 Å². The van der Waals surface area contributed by atoms with E-state index in [0.29, 0.717) is 5.82 Å². The monoisotopic (exact) mass is 271 g/mol. The molecule has 9 heteroatoms. The molecular formula is C9H13N5O3S. The van der Waals surface area contributed by atoms with Crippen LogP contribution in [0.25, 0.3) is 0 Å². The zero-order chi connectivity index (χ0) is 13.3. The number of sulfonamides is 1. The number of rotatable bonds is 3. The highest BCUT2D eigenvalue weighted by molar-refractivity contribution is 7.89. The highest BCUT2D eigenvalue weighted by atomic mass is 32.2. The summed E-state index contributed by atoms with van der Waals surface area (Å²) in [4.78, 5) is 20.8. The van der Waals surface area contributed by atoms with E-state index in [4.69, 9.17) is 10.9 Å². The quantitative estimate of drug-likeness (QED) is 0.702. The van der Waals surface area contributed by atoms with Gasteiger partial charge in [-0.2, -0.15) is 4.98 Å². The Hall–Kier alpha value is -1.74. The Bertz CT molecular complexity index is 573. The van der Waals surface area contributed by atoms with Crippen LogP contribution in [0.15, 0.2) is 12.3 Å². The third kappa shape index (κ3) is 2.93. The van der Waals surface area contributed by atoms with Crippen LogP contribution in [0, 0.1) is 5.92 Å². The Morgan fingerprint density at radius 3 is 2.83 bits per heavy atom. The maximum absolute atomic E-state index is 11.8. The largest absolute Gasteiger partial charge is 0.368 e. The zero-order valence-corrected chi connectivity index (χ0v) is 10.3. The fourth-order valence-electron chi connectivity index (χ4n) is 1.96. The van der Waals surface area contributed by atoms with Gasteiger partial charge in [0.1, 0.15) is 5.82 Å². The van der Waals surface area contributed by atoms with Crippen molar-refractivity contribution in [1.82, 2.24) is 9.97 Å². The second-order valence-corrected chi connectivity index (χ2v) is 5.84. The number of nitrogen functional groups attached to an aromatic ring is 1. The molecule has 0 saturated carbocycles. The molecule has 18 heavy (non-hydrogen) atoms. The summed E-state index contributed by atoms with van der Waals surface area (Å²) in [6.07, 6.45) is 1.58. The van der Waals surface area contributed by atoms with Crippen molar-refractivity contribution in [1.29, 1.82) is 0 Å². The topological polar surface area (TPSA) is 132 Å². The molecule has 0 radical (unpaired) electrons. The molecule has 1 unspecified atom stereocenters. The lowest BCUT2D eigenvalue weighted by atomic mass is 10.1. The molecule has 8 nitrogen and oxygen atoms in total. The van der Waals surface area contributed by atoms with E-state index in [9.17, 15) is 13.2 Å². The molecule has 1 saturated heterocycles. The molecule has 0 spiro atoms. The predicted octanol–water partition coefficient (Wildman–Crippen LogP) is -1.30. The van der Waals surface area contributed by atoms with Crippen LogP contribution in [0.2, 0.25) is 0 Å². The molecule has 1 aliphatic heterocycles. The van der Waals surface area contributed by atoms with Crippen molar-refractivity contribution in [3.05, 3.63) is 12.3 Å². The first-order valence-electron chi connectivity index (χ1n) is 5.24. The van der Waals surface area contributed by atoms with Crippen LogP contribution in [-0.2, 0) is 14.8 Å². The van der Waals surface area contributed by atoms with Gasteiger partial charge < -0.3 is 5.73 Å². The third-order valence-electron chi connectivity index (χ3n) is 2.61. The van der Waals surface area contributed by atoms with Crippen LogP contribution in [0.1, 0.15) is 6.42 Å². The molecule has 1 aromatic heterocycles. The Balaban J connectivity index is 2.15. The molecule has 2 rings (SSSR count). The van der Waals surface area contributed by atoms with E-state index in [-0.39, 0.29) is 36.5 Å². The minimum atomic E-state index is -3.58. The van der Waals surface area contributed by atoms with Gasteiger partial charge in [0.2, 0.25) is 21.9 Å². The predicted molar refractivity (Wildman–Crippen MR) is 64.9 cm³/mol. The second kappa shape index (κ2) is 4.50. The number of primary sulfonamides is 1. The summed E-state index contributed by atoms with van der Waals surface area (Å²) >= 11 is 0. The summed E-state index contributed by atoms with van der Waals surface area (Å²) in [5.41, 5.74) is 5.43. The van der Waals surface area contributed by atoms with Gasteiger partial charge in [0.05, 0.1) is 5.75 Å². The smallest absolute Gasteiger partial charge is 0.228 e. The number of anilines is 2. The number of amides is 1. The average Bonchev–Trinajstić information content (AvgIpc) is 2.56. The van der Waals surface area contributed by atoms with E-state index < -0.39 is 10.0 Å². The minimum absolute atomic E-state index is 0.0650. The Morgan fingerprint density at radius 2 is 2.22 bits per heavy atom. The van der Waals surface area contributed by atoms with Crippen molar-refractivity contribution in [2.75, 3.05) is 22.9 Å². The van der Waals surface area contributed by atoms with Crippen molar-refractivity contribution < 1.29 is 13.2 Å². The number of hydrogen-bond acceptors (Lipinski definition) is 6. The van der Waals surface area contributed by atoms with Gasteiger partial charge in [0.25, 0.3) is 0 Å². The summed E-state index contributed by atoms with van der Waals surface area (Å²) in [5, 5.41) is 4.97. The molecule has 0 aliphatic carbocycles. The molecule has 1 aromatic rings. The molecule has 4 N–H and O–H groups in total. The summed E-state index contributed by atoms with van der Waals surface area (Å²) in [5.74, 6) is -0.277. The van der Waals surface area contributed by atoms with E-state index in [1.807, 2.05) is 0 Å². The van der Waals surface area contributed by atoms with E-state index in [1.54, 1.807) is 6.07 Å². The Labute approximate surface area is 104 Å². The number of hydrogen-bond donors (Lipinski definition) is 2. The fourth-order valence-corrected chi connectivity index (χ4v) is 2.84. The normalized spacial score (nSPS) is 20.4. The van der Waals surface area contributed by atoms with Gasteiger partial charge >= 0.3 is 0 Å². The van der Waals surface area contributed by atoms with Gasteiger partial charge in [0, 0.05) is 25.1 Å². The van der Waals surface area contributed by atoms with Gasteiger partial charge in [0.15, 0.2) is 0 Å². The summed E-state index contributed by atoms with van der Waals surface area (Å²) in [7, 11) is -3.58. The highest BCUT2D eigenvalue weighted by Crippen LogP contribution is 2.24. The zero-order valence-electron chi connectivity index (χ0n) is 9.48. The summed E-state index contributed by atoms with van der Waals surface area (Å²) in [6.45, 7) is 0.270. The van der Waals surface area contributed by atoms with Crippen LogP contribution in [0.3, 0.4) is 0 Å². The Kier molecular flexibility index (Phi) is 3.18. The number of nitrogens with two attached hydrogens (primary N) is 2. The van der Waals surface area contributed by atoms with Crippen molar-refractivity contribution in [2.45, 2.75) is 6.42 Å². The fraction of sp³-hybridized carbons (Fsp3) is 0.444. The molecule has 0 aromatic carbocycles. The summed E-state index contributed by atoms with van der Waals surface area (Å²) in [6, 6.07) is 1.55. The van der Waals surface area contributed by atoms with Gasteiger partial charge in [-0.3, -0.25) is 9.69 Å². The molecule has 1 aliphatic rings. The van der Waals surface area contributed by atoms with Gasteiger partial charge in [-0.1, -0.05) is 0 Å². The lowest BCUT2D eigenvalue weighted by Gasteiger charge is -2.15. The number of carbonyl (C=O) groups is 1. The Morgan fingerprint density at radius 1 is 1.50 bits per heavy atom. The van der Waals surface area contributed by atoms with Crippen LogP contribution in [0.4, 0.5) is 11.8 Å². The van der Waals surface area contributed by atoms with Crippen LogP contribution in [-0.4, -0.2) is 36.6 Å². The first-order chi connectivity index (χ1) is 8.35. The van der Waals surface area contributed by atoms with E-state index in [2.05, 4.69) is 9.97 Å². The van der Waals surface area contributed by atoms with E-state index in [1.165, 1.54) is 11.1 Å². The molecule has 1 amide bonds. The second-order valence-electron chi connectivity index (χ2n) is 4.18. The maximum Gasteiger partial charge on any atom is 0.228 e. The molecule has 1 atom stereocenters. The highest BCUT2D eigenvalue weighted by Gasteiger charge is 2.33. The number of aromatic nitrogens is 2. The standard InChI is InChI=1S/C9H13N5O3S/c10-9-12-2-1-7(13-9)14-4-6(3-8(14)15)5-18(11,16)17/h1-2,6H,3-5H2,(H2,10,12,13)(H2,11,16,17). The third-order valence-corrected chi connectivity index (χ3v) is 3.55. The van der Waals surface area contributed by atoms with Crippen LogP contribution >= 0.6 is 0 Å². The van der Waals surface area contributed by atoms with E-state index >= 15 is 0 Å². The molecule has 1 fully saturated rings. The summed E-state index contributed by atoms with van der Waals surface area (Å²) < 4.78 is 22.0. The molecule has 98 valence electrons.